The molecule has 2 heterocycles. The fraction of sp³-hybridized carbons (Fsp3) is 0.522. The van der Waals surface area contributed by atoms with Crippen molar-refractivity contribution in [2.45, 2.75) is 46.5 Å². The first kappa shape index (κ1) is 21.5. The summed E-state index contributed by atoms with van der Waals surface area (Å²) in [5, 5.41) is 1.04. The highest BCUT2D eigenvalue weighted by Gasteiger charge is 2.27. The van der Waals surface area contributed by atoms with Crippen LogP contribution in [0.3, 0.4) is 0 Å². The molecule has 0 bridgehead atoms. The van der Waals surface area contributed by atoms with E-state index in [9.17, 15) is 9.59 Å². The van der Waals surface area contributed by atoms with Crippen molar-refractivity contribution in [1.29, 1.82) is 0 Å². The molecular formula is C23H31N3O2S. The summed E-state index contributed by atoms with van der Waals surface area (Å²) < 4.78 is 0. The molecule has 1 aromatic heterocycles. The number of benzene rings is 1. The molecular weight excluding hydrogens is 382 g/mol. The molecule has 2 amide bonds. The summed E-state index contributed by atoms with van der Waals surface area (Å²) in [6.45, 7) is 8.67. The van der Waals surface area contributed by atoms with Crippen LogP contribution in [-0.4, -0.2) is 52.8 Å². The largest absolute Gasteiger partial charge is 0.339 e. The van der Waals surface area contributed by atoms with Crippen LogP contribution in [0.2, 0.25) is 0 Å². The molecule has 0 unspecified atom stereocenters. The Balaban J connectivity index is 1.46. The molecule has 29 heavy (non-hydrogen) atoms. The first-order chi connectivity index (χ1) is 13.9. The van der Waals surface area contributed by atoms with Crippen molar-refractivity contribution < 1.29 is 9.59 Å². The lowest BCUT2D eigenvalue weighted by atomic mass is 10.1. The average Bonchev–Trinajstić information content (AvgIpc) is 3.07. The fourth-order valence-corrected chi connectivity index (χ4v) is 4.88. The highest BCUT2D eigenvalue weighted by Crippen LogP contribution is 2.23. The molecule has 156 valence electrons. The van der Waals surface area contributed by atoms with Crippen molar-refractivity contribution in [2.75, 3.05) is 26.2 Å². The second kappa shape index (κ2) is 10.0. The predicted molar refractivity (Wildman–Crippen MR) is 117 cm³/mol. The first-order valence-corrected chi connectivity index (χ1v) is 11.3. The van der Waals surface area contributed by atoms with Gasteiger partial charge in [0.25, 0.3) is 5.91 Å². The predicted octanol–water partition coefficient (Wildman–Crippen LogP) is 3.96. The van der Waals surface area contributed by atoms with E-state index in [2.05, 4.69) is 31.0 Å². The molecule has 1 aromatic carbocycles. The molecule has 0 spiro atoms. The van der Waals surface area contributed by atoms with E-state index in [1.54, 1.807) is 0 Å². The molecule has 0 radical (unpaired) electrons. The molecule has 1 saturated heterocycles. The highest BCUT2D eigenvalue weighted by molar-refractivity contribution is 7.13. The third-order valence-corrected chi connectivity index (χ3v) is 6.40. The molecule has 3 rings (SSSR count). The van der Waals surface area contributed by atoms with Crippen molar-refractivity contribution in [3.63, 3.8) is 0 Å². The molecule has 1 fully saturated rings. The molecule has 0 atom stereocenters. The molecule has 6 heteroatoms. The summed E-state index contributed by atoms with van der Waals surface area (Å²) in [7, 11) is 0. The number of carbonyl (C=O) groups is 2. The van der Waals surface area contributed by atoms with Gasteiger partial charge >= 0.3 is 0 Å². The summed E-state index contributed by atoms with van der Waals surface area (Å²) in [6, 6.07) is 10.3. The molecule has 0 saturated carbocycles. The Morgan fingerprint density at radius 1 is 1.07 bits per heavy atom. The smallest absolute Gasteiger partial charge is 0.265 e. The van der Waals surface area contributed by atoms with Crippen molar-refractivity contribution in [1.82, 2.24) is 14.8 Å². The molecule has 0 N–H and O–H groups in total. The van der Waals surface area contributed by atoms with Crippen LogP contribution in [0.25, 0.3) is 0 Å². The van der Waals surface area contributed by atoms with Crippen LogP contribution in [0, 0.1) is 12.8 Å². The van der Waals surface area contributed by atoms with Gasteiger partial charge in [-0.25, -0.2) is 4.98 Å². The molecule has 5 nitrogen and oxygen atoms in total. The maximum Gasteiger partial charge on any atom is 0.265 e. The Labute approximate surface area is 177 Å². The van der Waals surface area contributed by atoms with E-state index in [4.69, 9.17) is 0 Å². The monoisotopic (exact) mass is 413 g/mol. The summed E-state index contributed by atoms with van der Waals surface area (Å²) in [5.74, 6) is 0.785. The maximum absolute atomic E-state index is 12.9. The minimum Gasteiger partial charge on any atom is -0.339 e. The Bertz CT molecular complexity index is 824. The van der Waals surface area contributed by atoms with Crippen LogP contribution in [-0.2, 0) is 17.6 Å². The summed E-state index contributed by atoms with van der Waals surface area (Å²) >= 11 is 1.52. The number of hydrogen-bond donors (Lipinski definition) is 0. The third-order valence-electron chi connectivity index (χ3n) is 5.24. The van der Waals surface area contributed by atoms with E-state index in [0.29, 0.717) is 38.5 Å². The SMILES string of the molecule is Cc1nc(CC(C)C)sc1C(=O)N1CCN(C(=O)CCCc2ccccc2)CC1. The van der Waals surface area contributed by atoms with Gasteiger partial charge in [0, 0.05) is 39.0 Å². The zero-order valence-corrected chi connectivity index (χ0v) is 18.5. The van der Waals surface area contributed by atoms with E-state index in [0.717, 1.165) is 34.8 Å². The van der Waals surface area contributed by atoms with Gasteiger partial charge in [-0.05, 0) is 31.2 Å². The van der Waals surface area contributed by atoms with Crippen molar-refractivity contribution in [3.05, 3.63) is 51.5 Å². The van der Waals surface area contributed by atoms with Gasteiger partial charge in [-0.3, -0.25) is 9.59 Å². The summed E-state index contributed by atoms with van der Waals surface area (Å²) in [4.78, 5) is 34.5. The topological polar surface area (TPSA) is 53.5 Å². The standard InChI is InChI=1S/C23H31N3O2S/c1-17(2)16-20-24-18(3)22(29-20)23(28)26-14-12-25(13-15-26)21(27)11-7-10-19-8-5-4-6-9-19/h4-6,8-9,17H,7,10-16H2,1-3H3. The van der Waals surface area contributed by atoms with Gasteiger partial charge in [0.15, 0.2) is 0 Å². The first-order valence-electron chi connectivity index (χ1n) is 10.5. The number of hydrogen-bond acceptors (Lipinski definition) is 4. The zero-order valence-electron chi connectivity index (χ0n) is 17.7. The van der Waals surface area contributed by atoms with E-state index in [-0.39, 0.29) is 11.8 Å². The number of aryl methyl sites for hydroxylation is 2. The Kier molecular flexibility index (Phi) is 7.42. The Morgan fingerprint density at radius 2 is 1.72 bits per heavy atom. The lowest BCUT2D eigenvalue weighted by molar-refractivity contribution is -0.132. The lowest BCUT2D eigenvalue weighted by Crippen LogP contribution is -2.50. The van der Waals surface area contributed by atoms with Crippen molar-refractivity contribution in [2.24, 2.45) is 5.92 Å². The second-order valence-corrected chi connectivity index (χ2v) is 9.22. The zero-order chi connectivity index (χ0) is 20.8. The third kappa shape index (κ3) is 5.89. The summed E-state index contributed by atoms with van der Waals surface area (Å²) in [5.41, 5.74) is 2.10. The normalized spacial score (nSPS) is 14.5. The minimum absolute atomic E-state index is 0.0613. The molecule has 0 aliphatic carbocycles. The van der Waals surface area contributed by atoms with E-state index < -0.39 is 0 Å². The van der Waals surface area contributed by atoms with Gasteiger partial charge in [-0.1, -0.05) is 44.2 Å². The van der Waals surface area contributed by atoms with Crippen LogP contribution < -0.4 is 0 Å². The summed E-state index contributed by atoms with van der Waals surface area (Å²) in [6.07, 6.45) is 3.26. The molecule has 2 aromatic rings. The quantitative estimate of drug-likeness (QED) is 0.690. The maximum atomic E-state index is 12.9. The van der Waals surface area contributed by atoms with Gasteiger partial charge in [0.1, 0.15) is 4.88 Å². The van der Waals surface area contributed by atoms with Gasteiger partial charge in [0.05, 0.1) is 10.7 Å². The highest BCUT2D eigenvalue weighted by atomic mass is 32.1. The van der Waals surface area contributed by atoms with Crippen LogP contribution in [0.1, 0.15) is 52.6 Å². The van der Waals surface area contributed by atoms with Crippen molar-refractivity contribution >= 4 is 23.2 Å². The minimum atomic E-state index is 0.0613. The van der Waals surface area contributed by atoms with Crippen molar-refractivity contribution in [3.8, 4) is 0 Å². The number of thiazole rings is 1. The molecule has 1 aliphatic rings. The van der Waals surface area contributed by atoms with Gasteiger partial charge < -0.3 is 9.80 Å². The van der Waals surface area contributed by atoms with Gasteiger partial charge in [-0.15, -0.1) is 11.3 Å². The number of amides is 2. The van der Waals surface area contributed by atoms with Gasteiger partial charge in [-0.2, -0.15) is 0 Å². The fourth-order valence-electron chi connectivity index (χ4n) is 3.64. The van der Waals surface area contributed by atoms with E-state index >= 15 is 0 Å². The van der Waals surface area contributed by atoms with E-state index in [1.807, 2.05) is 34.9 Å². The number of piperazine rings is 1. The number of aromatic nitrogens is 1. The van der Waals surface area contributed by atoms with Crippen LogP contribution in [0.4, 0.5) is 0 Å². The number of rotatable bonds is 7. The lowest BCUT2D eigenvalue weighted by Gasteiger charge is -2.34. The van der Waals surface area contributed by atoms with Crippen LogP contribution >= 0.6 is 11.3 Å². The van der Waals surface area contributed by atoms with Crippen LogP contribution in [0.5, 0.6) is 0 Å². The molecule has 1 aliphatic heterocycles. The Hall–Kier alpha value is -2.21. The Morgan fingerprint density at radius 3 is 2.38 bits per heavy atom. The van der Waals surface area contributed by atoms with Gasteiger partial charge in [0.2, 0.25) is 5.91 Å². The average molecular weight is 414 g/mol. The number of nitrogens with zero attached hydrogens (tertiary/aromatic N) is 3. The van der Waals surface area contributed by atoms with Crippen LogP contribution in [0.15, 0.2) is 30.3 Å². The second-order valence-electron chi connectivity index (χ2n) is 8.13. The van der Waals surface area contributed by atoms with E-state index in [1.165, 1.54) is 16.9 Å². The number of carbonyl (C=O) groups excluding carboxylic acids is 2.